The van der Waals surface area contributed by atoms with Crippen LogP contribution in [0.25, 0.3) is 0 Å². The van der Waals surface area contributed by atoms with Crippen LogP contribution in [0.3, 0.4) is 0 Å². The molecule has 1 fully saturated rings. The summed E-state index contributed by atoms with van der Waals surface area (Å²) >= 11 is 6.06. The zero-order valence-electron chi connectivity index (χ0n) is 14.0. The number of halogens is 4. The number of anilines is 2. The fraction of sp³-hybridized carbons (Fsp3) is 0.222. The number of amides is 2. The Morgan fingerprint density at radius 2 is 1.81 bits per heavy atom. The molecule has 0 bridgehead atoms. The number of carbonyl (C=O) groups excluding carboxylic acids is 2. The zero-order valence-corrected chi connectivity index (χ0v) is 14.8. The number of nitrogens with one attached hydrogen (secondary N) is 1. The number of nitrogens with zero attached hydrogens (tertiary/aromatic N) is 1. The van der Waals surface area contributed by atoms with Crippen molar-refractivity contribution in [2.24, 2.45) is 0 Å². The van der Waals surface area contributed by atoms with Gasteiger partial charge in [0.15, 0.2) is 0 Å². The molecular weight excluding hydrogens is 385 g/mol. The summed E-state index contributed by atoms with van der Waals surface area (Å²) in [7, 11) is 0. The summed E-state index contributed by atoms with van der Waals surface area (Å²) in [5.41, 5.74) is 1.41. The van der Waals surface area contributed by atoms with E-state index in [1.54, 1.807) is 25.1 Å². The average Bonchev–Trinajstić information content (AvgIpc) is 2.85. The van der Waals surface area contributed by atoms with Gasteiger partial charge in [-0.25, -0.2) is 4.90 Å². The summed E-state index contributed by atoms with van der Waals surface area (Å²) in [5, 5.41) is 3.30. The first-order valence-electron chi connectivity index (χ1n) is 7.90. The normalized spacial score (nSPS) is 17.4. The summed E-state index contributed by atoms with van der Waals surface area (Å²) in [6, 6.07) is 9.02. The first kappa shape index (κ1) is 19.0. The van der Waals surface area contributed by atoms with Gasteiger partial charge in [-0.1, -0.05) is 17.7 Å². The van der Waals surface area contributed by atoms with E-state index < -0.39 is 18.3 Å². The Morgan fingerprint density at radius 3 is 2.44 bits per heavy atom. The van der Waals surface area contributed by atoms with Crippen molar-refractivity contribution >= 4 is 34.8 Å². The second kappa shape index (κ2) is 7.11. The van der Waals surface area contributed by atoms with Crippen molar-refractivity contribution < 1.29 is 27.5 Å². The van der Waals surface area contributed by atoms with Gasteiger partial charge in [0.2, 0.25) is 5.91 Å². The molecule has 2 amide bonds. The molecule has 2 aromatic rings. The van der Waals surface area contributed by atoms with E-state index in [1.165, 1.54) is 12.1 Å². The first-order valence-corrected chi connectivity index (χ1v) is 8.28. The van der Waals surface area contributed by atoms with Crippen LogP contribution in [0.5, 0.6) is 5.75 Å². The number of hydrogen-bond donors (Lipinski definition) is 1. The SMILES string of the molecule is Cc1c(Cl)cccc1N1C(=O)C[C@H](Nc2ccc(OC(F)(F)F)cc2)C1=O. The second-order valence-electron chi connectivity index (χ2n) is 5.92. The zero-order chi connectivity index (χ0) is 19.8. The Morgan fingerprint density at radius 1 is 1.15 bits per heavy atom. The lowest BCUT2D eigenvalue weighted by Gasteiger charge is -2.18. The molecule has 3 rings (SSSR count). The summed E-state index contributed by atoms with van der Waals surface area (Å²) in [4.78, 5) is 26.1. The lowest BCUT2D eigenvalue weighted by molar-refractivity contribution is -0.274. The number of alkyl halides is 3. The van der Waals surface area contributed by atoms with Crippen LogP contribution in [0, 0.1) is 6.92 Å². The van der Waals surface area contributed by atoms with Crippen LogP contribution in [0.1, 0.15) is 12.0 Å². The summed E-state index contributed by atoms with van der Waals surface area (Å²) in [6.45, 7) is 1.71. The van der Waals surface area contributed by atoms with Crippen molar-refractivity contribution in [3.05, 3.63) is 53.1 Å². The molecule has 9 heteroatoms. The molecule has 1 aliphatic rings. The van der Waals surface area contributed by atoms with Crippen LogP contribution >= 0.6 is 11.6 Å². The smallest absolute Gasteiger partial charge is 0.406 e. The Kier molecular flexibility index (Phi) is 5.01. The van der Waals surface area contributed by atoms with Crippen LogP contribution in [-0.4, -0.2) is 24.2 Å². The lowest BCUT2D eigenvalue weighted by atomic mass is 10.2. The van der Waals surface area contributed by atoms with Gasteiger partial charge in [0.25, 0.3) is 5.91 Å². The molecule has 5 nitrogen and oxygen atoms in total. The highest BCUT2D eigenvalue weighted by Crippen LogP contribution is 2.31. The Bertz CT molecular complexity index is 884. The highest BCUT2D eigenvalue weighted by molar-refractivity contribution is 6.32. The average molecular weight is 399 g/mol. The van der Waals surface area contributed by atoms with E-state index in [0.717, 1.165) is 17.0 Å². The third-order valence-electron chi connectivity index (χ3n) is 4.06. The Hall–Kier alpha value is -2.74. The lowest BCUT2D eigenvalue weighted by Crippen LogP contribution is -2.35. The maximum Gasteiger partial charge on any atom is 0.573 e. The molecule has 0 radical (unpaired) electrons. The maximum absolute atomic E-state index is 12.7. The number of imide groups is 1. The minimum atomic E-state index is -4.78. The van der Waals surface area contributed by atoms with Crippen LogP contribution < -0.4 is 15.0 Å². The van der Waals surface area contributed by atoms with E-state index in [4.69, 9.17) is 11.6 Å². The summed E-state index contributed by atoms with van der Waals surface area (Å²) < 4.78 is 40.4. The molecule has 1 saturated heterocycles. The monoisotopic (exact) mass is 398 g/mol. The number of benzene rings is 2. The van der Waals surface area contributed by atoms with Crippen LogP contribution in [0.4, 0.5) is 24.5 Å². The van der Waals surface area contributed by atoms with Crippen molar-refractivity contribution in [3.63, 3.8) is 0 Å². The van der Waals surface area contributed by atoms with Crippen LogP contribution in [-0.2, 0) is 9.59 Å². The standard InChI is InChI=1S/C18H14ClF3N2O3/c1-10-13(19)3-2-4-15(10)24-16(25)9-14(17(24)26)23-11-5-7-12(8-6-11)27-18(20,21)22/h2-8,14,23H,9H2,1H3/t14-/m0/s1. The molecule has 2 aromatic carbocycles. The molecule has 0 saturated carbocycles. The van der Waals surface area contributed by atoms with Gasteiger partial charge in [-0.2, -0.15) is 0 Å². The second-order valence-corrected chi connectivity index (χ2v) is 6.33. The van der Waals surface area contributed by atoms with Crippen molar-refractivity contribution in [1.82, 2.24) is 0 Å². The molecule has 0 aromatic heterocycles. The Labute approximate surface area is 157 Å². The number of rotatable bonds is 4. The Balaban J connectivity index is 1.75. The van der Waals surface area contributed by atoms with Crippen LogP contribution in [0.15, 0.2) is 42.5 Å². The number of hydrogen-bond acceptors (Lipinski definition) is 4. The van der Waals surface area contributed by atoms with Gasteiger partial charge in [-0.3, -0.25) is 9.59 Å². The largest absolute Gasteiger partial charge is 0.573 e. The van der Waals surface area contributed by atoms with Crippen molar-refractivity contribution in [3.8, 4) is 5.75 Å². The molecule has 1 aliphatic heterocycles. The molecule has 0 unspecified atom stereocenters. The van der Waals surface area contributed by atoms with Crippen molar-refractivity contribution in [2.75, 3.05) is 10.2 Å². The molecule has 0 spiro atoms. The maximum atomic E-state index is 12.7. The topological polar surface area (TPSA) is 58.6 Å². The molecule has 1 atom stereocenters. The first-order chi connectivity index (χ1) is 12.7. The van der Waals surface area contributed by atoms with E-state index in [0.29, 0.717) is 22.0 Å². The minimum Gasteiger partial charge on any atom is -0.406 e. The van der Waals surface area contributed by atoms with Crippen molar-refractivity contribution in [2.45, 2.75) is 25.7 Å². The van der Waals surface area contributed by atoms with E-state index in [1.807, 2.05) is 0 Å². The van der Waals surface area contributed by atoms with Crippen molar-refractivity contribution in [1.29, 1.82) is 0 Å². The molecule has 0 aliphatic carbocycles. The quantitative estimate of drug-likeness (QED) is 0.780. The molecule has 142 valence electrons. The number of carbonyl (C=O) groups is 2. The van der Waals surface area contributed by atoms with Gasteiger partial charge in [0, 0.05) is 10.7 Å². The van der Waals surface area contributed by atoms with Gasteiger partial charge in [0.05, 0.1) is 12.1 Å². The molecule has 1 heterocycles. The van der Waals surface area contributed by atoms with Gasteiger partial charge in [0.1, 0.15) is 11.8 Å². The molecular formula is C18H14ClF3N2O3. The third-order valence-corrected chi connectivity index (χ3v) is 4.46. The summed E-state index contributed by atoms with van der Waals surface area (Å²) in [6.07, 6.45) is -4.86. The van der Waals surface area contributed by atoms with Crippen LogP contribution in [0.2, 0.25) is 5.02 Å². The molecule has 1 N–H and O–H groups in total. The third kappa shape index (κ3) is 4.16. The van der Waals surface area contributed by atoms with E-state index >= 15 is 0 Å². The van der Waals surface area contributed by atoms with E-state index in [-0.39, 0.29) is 18.1 Å². The number of ether oxygens (including phenoxy) is 1. The summed E-state index contributed by atoms with van der Waals surface area (Å²) in [5.74, 6) is -1.22. The molecule has 27 heavy (non-hydrogen) atoms. The predicted molar refractivity (Wildman–Crippen MR) is 93.8 cm³/mol. The predicted octanol–water partition coefficient (Wildman–Crippen LogP) is 4.29. The fourth-order valence-corrected chi connectivity index (χ4v) is 2.96. The van der Waals surface area contributed by atoms with Gasteiger partial charge in [-0.15, -0.1) is 13.2 Å². The highest BCUT2D eigenvalue weighted by atomic mass is 35.5. The van der Waals surface area contributed by atoms with E-state index in [9.17, 15) is 22.8 Å². The van der Waals surface area contributed by atoms with Gasteiger partial charge in [-0.05, 0) is 48.9 Å². The van der Waals surface area contributed by atoms with Gasteiger partial charge < -0.3 is 10.1 Å². The highest BCUT2D eigenvalue weighted by Gasteiger charge is 2.40. The minimum absolute atomic E-state index is 0.0778. The van der Waals surface area contributed by atoms with Gasteiger partial charge >= 0.3 is 6.36 Å². The fourth-order valence-electron chi connectivity index (χ4n) is 2.79. The van der Waals surface area contributed by atoms with E-state index in [2.05, 4.69) is 10.1 Å².